The quantitative estimate of drug-likeness (QED) is 0.706. The van der Waals surface area contributed by atoms with Crippen LogP contribution in [0.3, 0.4) is 0 Å². The average molecular weight is 483 g/mol. The molecule has 4 rings (SSSR count). The van der Waals surface area contributed by atoms with Crippen LogP contribution in [0.2, 0.25) is 5.02 Å². The van der Waals surface area contributed by atoms with Gasteiger partial charge in [-0.1, -0.05) is 11.6 Å². The molecule has 2 amide bonds. The molecule has 2 aliphatic rings. The van der Waals surface area contributed by atoms with Crippen molar-refractivity contribution in [3.8, 4) is 0 Å². The molecule has 0 aliphatic carbocycles. The summed E-state index contributed by atoms with van der Waals surface area (Å²) in [6.45, 7) is 4.28. The summed E-state index contributed by atoms with van der Waals surface area (Å²) in [5, 5.41) is 3.36. The number of rotatable bonds is 5. The van der Waals surface area contributed by atoms with Gasteiger partial charge in [-0.05, 0) is 38.1 Å². The molecule has 11 heteroatoms. The molecule has 2 aliphatic heterocycles. The highest BCUT2D eigenvalue weighted by Gasteiger charge is 2.36. The Morgan fingerprint density at radius 2 is 2.00 bits per heavy atom. The number of nitrogens with one attached hydrogen (secondary N) is 1. The number of anilines is 2. The molecule has 3 heterocycles. The largest absolute Gasteiger partial charge is 0.312 e. The van der Waals surface area contributed by atoms with Gasteiger partial charge in [0.05, 0.1) is 16.9 Å². The van der Waals surface area contributed by atoms with Crippen molar-refractivity contribution in [1.82, 2.24) is 9.29 Å². The highest BCUT2D eigenvalue weighted by atomic mass is 35.5. The van der Waals surface area contributed by atoms with E-state index in [-0.39, 0.29) is 31.3 Å². The van der Waals surface area contributed by atoms with Gasteiger partial charge in [-0.3, -0.25) is 9.59 Å². The smallest absolute Gasteiger partial charge is 0.231 e. The maximum absolute atomic E-state index is 12.8. The number of hydrogen-bond acceptors (Lipinski definition) is 6. The summed E-state index contributed by atoms with van der Waals surface area (Å²) in [4.78, 5) is 32.1. The molecule has 0 bridgehead atoms. The molecule has 1 unspecified atom stereocenters. The number of carbonyl (C=O) groups excluding carboxylic acids is 2. The van der Waals surface area contributed by atoms with E-state index in [0.717, 1.165) is 10.6 Å². The highest BCUT2D eigenvalue weighted by molar-refractivity contribution is 7.89. The van der Waals surface area contributed by atoms with Gasteiger partial charge in [-0.25, -0.2) is 13.4 Å². The normalized spacial score (nSPS) is 19.7. The molecule has 166 valence electrons. The van der Waals surface area contributed by atoms with Crippen LogP contribution in [0.15, 0.2) is 24.3 Å². The first-order valence-electron chi connectivity index (χ1n) is 9.99. The van der Waals surface area contributed by atoms with E-state index in [2.05, 4.69) is 10.3 Å². The van der Waals surface area contributed by atoms with E-state index in [1.807, 2.05) is 0 Å². The van der Waals surface area contributed by atoms with Crippen molar-refractivity contribution >= 4 is 55.6 Å². The third kappa shape index (κ3) is 4.48. The molecule has 8 nitrogen and oxygen atoms in total. The lowest BCUT2D eigenvalue weighted by Crippen LogP contribution is -2.39. The lowest BCUT2D eigenvalue weighted by atomic mass is 10.1. The Morgan fingerprint density at radius 3 is 2.68 bits per heavy atom. The maximum atomic E-state index is 12.8. The van der Waals surface area contributed by atoms with Crippen LogP contribution in [-0.2, 0) is 32.6 Å². The number of benzene rings is 1. The summed E-state index contributed by atoms with van der Waals surface area (Å²) >= 11 is 7.20. The first-order chi connectivity index (χ1) is 14.6. The van der Waals surface area contributed by atoms with Gasteiger partial charge in [-0.2, -0.15) is 4.31 Å². The van der Waals surface area contributed by atoms with Crippen LogP contribution < -0.4 is 10.2 Å². The Hall–Kier alpha value is -2.01. The molecule has 1 aromatic heterocycles. The summed E-state index contributed by atoms with van der Waals surface area (Å²) in [7, 11) is -3.34. The first kappa shape index (κ1) is 22.2. The van der Waals surface area contributed by atoms with Crippen molar-refractivity contribution in [2.24, 2.45) is 5.92 Å². The molecule has 1 atom stereocenters. The monoisotopic (exact) mass is 482 g/mol. The molecular formula is C20H23ClN4O4S2. The molecule has 1 saturated heterocycles. The van der Waals surface area contributed by atoms with Gasteiger partial charge in [-0.15, -0.1) is 11.3 Å². The number of halogens is 1. The van der Waals surface area contributed by atoms with Gasteiger partial charge < -0.3 is 10.2 Å². The zero-order valence-corrected chi connectivity index (χ0v) is 19.6. The van der Waals surface area contributed by atoms with Gasteiger partial charge in [0.1, 0.15) is 0 Å². The second-order valence-electron chi connectivity index (χ2n) is 7.94. The van der Waals surface area contributed by atoms with E-state index in [1.54, 1.807) is 43.0 Å². The molecule has 31 heavy (non-hydrogen) atoms. The zero-order chi connectivity index (χ0) is 22.3. The number of amides is 2. The number of carbonyl (C=O) groups is 2. The number of fused-ring (bicyclic) bond motifs is 1. The SMILES string of the molecule is CC(C)S(=O)(=O)N1CCc2nc(NC(=O)C3CC(=O)N(c4ccc(Cl)cc4)C3)sc2C1. The maximum Gasteiger partial charge on any atom is 0.231 e. The standard InChI is InChI=1S/C20H23ClN4O4S2/c1-12(2)31(28,29)24-8-7-16-17(11-24)30-20(22-16)23-19(27)13-9-18(26)25(10-13)15-5-3-14(21)4-6-15/h3-6,12-13H,7-11H2,1-2H3,(H,22,23,27). The summed E-state index contributed by atoms with van der Waals surface area (Å²) < 4.78 is 26.4. The molecule has 1 aromatic carbocycles. The predicted octanol–water partition coefficient (Wildman–Crippen LogP) is 2.88. The zero-order valence-electron chi connectivity index (χ0n) is 17.2. The fourth-order valence-corrected chi connectivity index (χ4v) is 6.19. The van der Waals surface area contributed by atoms with E-state index in [0.29, 0.717) is 28.8 Å². The summed E-state index contributed by atoms with van der Waals surface area (Å²) in [5.41, 5.74) is 1.53. The van der Waals surface area contributed by atoms with Crippen molar-refractivity contribution in [1.29, 1.82) is 0 Å². The molecule has 1 fully saturated rings. The van der Waals surface area contributed by atoms with Gasteiger partial charge in [0.25, 0.3) is 0 Å². The van der Waals surface area contributed by atoms with Crippen LogP contribution in [0.5, 0.6) is 0 Å². The minimum Gasteiger partial charge on any atom is -0.312 e. The lowest BCUT2D eigenvalue weighted by Gasteiger charge is -2.26. The molecule has 0 spiro atoms. The second kappa shape index (κ2) is 8.50. The van der Waals surface area contributed by atoms with E-state index < -0.39 is 21.2 Å². The van der Waals surface area contributed by atoms with Gasteiger partial charge in [0, 0.05) is 48.1 Å². The third-order valence-electron chi connectivity index (χ3n) is 5.52. The van der Waals surface area contributed by atoms with E-state index >= 15 is 0 Å². The fourth-order valence-electron chi connectivity index (χ4n) is 3.70. The van der Waals surface area contributed by atoms with Crippen molar-refractivity contribution in [2.45, 2.75) is 38.5 Å². The fraction of sp³-hybridized carbons (Fsp3) is 0.450. The van der Waals surface area contributed by atoms with Crippen LogP contribution in [0.1, 0.15) is 30.8 Å². The Bertz CT molecular complexity index is 1110. The Kier molecular flexibility index (Phi) is 6.08. The summed E-state index contributed by atoms with van der Waals surface area (Å²) in [6, 6.07) is 6.93. The van der Waals surface area contributed by atoms with E-state index in [4.69, 9.17) is 11.6 Å². The average Bonchev–Trinajstić information content (AvgIpc) is 3.30. The second-order valence-corrected chi connectivity index (χ2v) is 11.9. The van der Waals surface area contributed by atoms with Crippen molar-refractivity contribution in [3.05, 3.63) is 39.9 Å². The Balaban J connectivity index is 1.42. The van der Waals surface area contributed by atoms with E-state index in [1.165, 1.54) is 15.6 Å². The van der Waals surface area contributed by atoms with Crippen LogP contribution in [-0.4, -0.2) is 47.9 Å². The van der Waals surface area contributed by atoms with Crippen molar-refractivity contribution < 1.29 is 18.0 Å². The third-order valence-corrected chi connectivity index (χ3v) is 8.99. The van der Waals surface area contributed by atoms with Gasteiger partial charge in [0.15, 0.2) is 5.13 Å². The number of aromatic nitrogens is 1. The summed E-state index contributed by atoms with van der Waals surface area (Å²) in [6.07, 6.45) is 0.639. The van der Waals surface area contributed by atoms with Crippen molar-refractivity contribution in [3.63, 3.8) is 0 Å². The van der Waals surface area contributed by atoms with Gasteiger partial charge in [0.2, 0.25) is 21.8 Å². The number of sulfonamides is 1. The Labute approximate surface area is 190 Å². The molecule has 0 saturated carbocycles. The topological polar surface area (TPSA) is 99.7 Å². The lowest BCUT2D eigenvalue weighted by molar-refractivity contribution is -0.122. The molecular weight excluding hydrogens is 460 g/mol. The van der Waals surface area contributed by atoms with Crippen LogP contribution >= 0.6 is 22.9 Å². The molecule has 0 radical (unpaired) electrons. The molecule has 2 aromatic rings. The van der Waals surface area contributed by atoms with Gasteiger partial charge >= 0.3 is 0 Å². The summed E-state index contributed by atoms with van der Waals surface area (Å²) in [5.74, 6) is -0.861. The number of nitrogens with zero attached hydrogens (tertiary/aromatic N) is 3. The van der Waals surface area contributed by atoms with Crippen LogP contribution in [0, 0.1) is 5.92 Å². The number of thiazole rings is 1. The first-order valence-corrected chi connectivity index (χ1v) is 12.7. The number of hydrogen-bond donors (Lipinski definition) is 1. The minimum absolute atomic E-state index is 0.115. The van der Waals surface area contributed by atoms with Crippen molar-refractivity contribution in [2.75, 3.05) is 23.3 Å². The van der Waals surface area contributed by atoms with Crippen LogP contribution in [0.4, 0.5) is 10.8 Å². The molecule has 1 N–H and O–H groups in total. The predicted molar refractivity (Wildman–Crippen MR) is 121 cm³/mol. The highest BCUT2D eigenvalue weighted by Crippen LogP contribution is 2.32. The van der Waals surface area contributed by atoms with Crippen LogP contribution in [0.25, 0.3) is 0 Å². The Morgan fingerprint density at radius 1 is 1.29 bits per heavy atom. The van der Waals surface area contributed by atoms with E-state index in [9.17, 15) is 18.0 Å². The minimum atomic E-state index is -3.34.